The van der Waals surface area contributed by atoms with Gasteiger partial charge in [-0.15, -0.1) is 0 Å². The average Bonchev–Trinajstić information content (AvgIpc) is 2.83. The average molecular weight is 496 g/mol. The van der Waals surface area contributed by atoms with E-state index >= 15 is 0 Å². The quantitative estimate of drug-likeness (QED) is 0.561. The summed E-state index contributed by atoms with van der Waals surface area (Å²) in [5.41, 5.74) is 2.19. The van der Waals surface area contributed by atoms with Gasteiger partial charge < -0.3 is 9.88 Å². The van der Waals surface area contributed by atoms with Crippen molar-refractivity contribution in [2.75, 3.05) is 13.1 Å². The van der Waals surface area contributed by atoms with E-state index in [9.17, 15) is 18.0 Å². The van der Waals surface area contributed by atoms with E-state index in [0.29, 0.717) is 31.7 Å². The maximum atomic E-state index is 13.4. The van der Waals surface area contributed by atoms with Crippen LogP contribution in [0.4, 0.5) is 0 Å². The Balaban J connectivity index is 1.70. The predicted molar refractivity (Wildman–Crippen MR) is 138 cm³/mol. The summed E-state index contributed by atoms with van der Waals surface area (Å²) < 4.78 is 30.2. The van der Waals surface area contributed by atoms with Crippen LogP contribution in [0.2, 0.25) is 0 Å². The largest absolute Gasteiger partial charge is 0.348 e. The Morgan fingerprint density at radius 2 is 1.71 bits per heavy atom. The van der Waals surface area contributed by atoms with Crippen LogP contribution in [0.15, 0.2) is 58.4 Å². The fourth-order valence-corrected chi connectivity index (χ4v) is 6.60. The third-order valence-corrected chi connectivity index (χ3v) is 8.51. The third kappa shape index (κ3) is 5.18. The van der Waals surface area contributed by atoms with Gasteiger partial charge in [0.05, 0.1) is 10.4 Å². The summed E-state index contributed by atoms with van der Waals surface area (Å²) in [6.07, 6.45) is 2.54. The number of hydrogen-bond acceptors (Lipinski definition) is 4. The zero-order chi connectivity index (χ0) is 25.3. The number of nitrogens with one attached hydrogen (secondary N) is 1. The van der Waals surface area contributed by atoms with Crippen molar-refractivity contribution in [3.63, 3.8) is 0 Å². The number of rotatable bonds is 6. The number of piperidine rings is 1. The number of hydrogen-bond donors (Lipinski definition) is 1. The molecule has 2 aromatic carbocycles. The van der Waals surface area contributed by atoms with Crippen LogP contribution in [0.5, 0.6) is 0 Å². The summed E-state index contributed by atoms with van der Waals surface area (Å²) in [7, 11) is -3.75. The zero-order valence-electron chi connectivity index (χ0n) is 20.7. The highest BCUT2D eigenvalue weighted by Gasteiger charge is 2.32. The van der Waals surface area contributed by atoms with Crippen molar-refractivity contribution in [2.24, 2.45) is 11.8 Å². The van der Waals surface area contributed by atoms with Crippen molar-refractivity contribution >= 4 is 26.8 Å². The Labute approximate surface area is 206 Å². The van der Waals surface area contributed by atoms with Gasteiger partial charge in [-0.1, -0.05) is 43.7 Å². The maximum Gasteiger partial charge on any atom is 0.257 e. The molecule has 3 aromatic rings. The molecule has 186 valence electrons. The van der Waals surface area contributed by atoms with Crippen LogP contribution < -0.4 is 10.7 Å². The number of aryl methyl sites for hydroxylation is 2. The number of amides is 1. The van der Waals surface area contributed by atoms with Crippen LogP contribution >= 0.6 is 0 Å². The van der Waals surface area contributed by atoms with Crippen LogP contribution in [-0.4, -0.2) is 36.3 Å². The number of benzene rings is 2. The molecule has 7 nitrogen and oxygen atoms in total. The Kier molecular flexibility index (Phi) is 7.15. The first kappa shape index (κ1) is 25.1. The van der Waals surface area contributed by atoms with E-state index in [1.807, 2.05) is 38.1 Å². The summed E-state index contributed by atoms with van der Waals surface area (Å²) >= 11 is 0. The number of aromatic nitrogens is 1. The molecule has 1 amide bonds. The van der Waals surface area contributed by atoms with Gasteiger partial charge in [-0.3, -0.25) is 9.59 Å². The molecule has 1 aliphatic rings. The highest BCUT2D eigenvalue weighted by atomic mass is 32.2. The highest BCUT2D eigenvalue weighted by molar-refractivity contribution is 7.89. The molecule has 0 spiro atoms. The molecule has 0 radical (unpaired) electrons. The van der Waals surface area contributed by atoms with Crippen LogP contribution in [0.3, 0.4) is 0 Å². The number of pyridine rings is 1. The van der Waals surface area contributed by atoms with Crippen molar-refractivity contribution in [1.82, 2.24) is 14.2 Å². The zero-order valence-corrected chi connectivity index (χ0v) is 21.6. The number of fused-ring (bicyclic) bond motifs is 1. The second-order valence-corrected chi connectivity index (χ2v) is 11.7. The molecule has 35 heavy (non-hydrogen) atoms. The van der Waals surface area contributed by atoms with E-state index in [0.717, 1.165) is 17.5 Å². The lowest BCUT2D eigenvalue weighted by atomic mass is 9.94. The van der Waals surface area contributed by atoms with Crippen LogP contribution in [0.25, 0.3) is 10.9 Å². The first-order valence-corrected chi connectivity index (χ1v) is 13.5. The standard InChI is InChI=1S/C27H33N3O4S/c1-5-29-17-24(27(32)28-14-21-8-6-18(2)7-9-21)26(31)23-13-22(10-11-25(23)29)35(33,34)30-15-19(3)12-20(4)16-30/h6-11,13,17,19-20H,5,12,14-16H2,1-4H3,(H,28,32). The molecule has 1 aliphatic heterocycles. The van der Waals surface area contributed by atoms with Gasteiger partial charge in [0.2, 0.25) is 15.5 Å². The second kappa shape index (κ2) is 9.95. The Bertz CT molecular complexity index is 1400. The van der Waals surface area contributed by atoms with Gasteiger partial charge in [0.1, 0.15) is 5.56 Å². The first-order chi connectivity index (χ1) is 16.6. The molecule has 2 unspecified atom stereocenters. The molecule has 1 saturated heterocycles. The highest BCUT2D eigenvalue weighted by Crippen LogP contribution is 2.28. The summed E-state index contributed by atoms with van der Waals surface area (Å²) in [5, 5.41) is 3.05. The number of sulfonamides is 1. The topological polar surface area (TPSA) is 88.5 Å². The molecule has 0 bridgehead atoms. The van der Waals surface area contributed by atoms with Gasteiger partial charge in [-0.05, 0) is 55.9 Å². The van der Waals surface area contributed by atoms with Gasteiger partial charge >= 0.3 is 0 Å². The van der Waals surface area contributed by atoms with Gasteiger partial charge in [0, 0.05) is 37.8 Å². The molecule has 0 saturated carbocycles. The van der Waals surface area contributed by atoms with Crippen molar-refractivity contribution in [1.29, 1.82) is 0 Å². The lowest BCUT2D eigenvalue weighted by Crippen LogP contribution is -2.42. The maximum absolute atomic E-state index is 13.4. The SMILES string of the molecule is CCn1cc(C(=O)NCc2ccc(C)cc2)c(=O)c2cc(S(=O)(=O)N3CC(C)CC(C)C3)ccc21. The van der Waals surface area contributed by atoms with E-state index in [4.69, 9.17) is 0 Å². The predicted octanol–water partition coefficient (Wildman–Crippen LogP) is 3.93. The fourth-order valence-electron chi connectivity index (χ4n) is 4.89. The van der Waals surface area contributed by atoms with Crippen molar-refractivity contribution < 1.29 is 13.2 Å². The van der Waals surface area contributed by atoms with Crippen molar-refractivity contribution in [2.45, 2.75) is 52.1 Å². The van der Waals surface area contributed by atoms with E-state index in [1.165, 1.54) is 10.4 Å². The van der Waals surface area contributed by atoms with E-state index in [1.54, 1.807) is 22.9 Å². The molecule has 4 rings (SSSR count). The lowest BCUT2D eigenvalue weighted by molar-refractivity contribution is 0.0949. The van der Waals surface area contributed by atoms with Crippen LogP contribution in [0, 0.1) is 18.8 Å². The minimum atomic E-state index is -3.75. The van der Waals surface area contributed by atoms with Crippen molar-refractivity contribution in [3.8, 4) is 0 Å². The Morgan fingerprint density at radius 3 is 2.34 bits per heavy atom. The molecule has 1 aromatic heterocycles. The molecule has 1 N–H and O–H groups in total. The number of nitrogens with zero attached hydrogens (tertiary/aromatic N) is 2. The molecule has 8 heteroatoms. The molecule has 1 fully saturated rings. The van der Waals surface area contributed by atoms with Gasteiger partial charge in [0.15, 0.2) is 0 Å². The van der Waals surface area contributed by atoms with Gasteiger partial charge in [-0.25, -0.2) is 8.42 Å². The number of carbonyl (C=O) groups excluding carboxylic acids is 1. The van der Waals surface area contributed by atoms with Crippen LogP contribution in [-0.2, 0) is 23.1 Å². The summed E-state index contributed by atoms with van der Waals surface area (Å²) in [6, 6.07) is 12.4. The summed E-state index contributed by atoms with van der Waals surface area (Å²) in [4.78, 5) is 26.4. The minimum Gasteiger partial charge on any atom is -0.348 e. The summed E-state index contributed by atoms with van der Waals surface area (Å²) in [5.74, 6) is 0.0665. The molecule has 2 atom stereocenters. The third-order valence-electron chi connectivity index (χ3n) is 6.68. The Morgan fingerprint density at radius 1 is 1.06 bits per heavy atom. The van der Waals surface area contributed by atoms with E-state index in [2.05, 4.69) is 19.2 Å². The second-order valence-electron chi connectivity index (χ2n) is 9.77. The molecule has 2 heterocycles. The van der Waals surface area contributed by atoms with E-state index < -0.39 is 21.4 Å². The first-order valence-electron chi connectivity index (χ1n) is 12.1. The smallest absolute Gasteiger partial charge is 0.257 e. The number of carbonyl (C=O) groups is 1. The van der Waals surface area contributed by atoms with Crippen LogP contribution in [0.1, 0.15) is 48.7 Å². The lowest BCUT2D eigenvalue weighted by Gasteiger charge is -2.34. The molecule has 0 aliphatic carbocycles. The fraction of sp³-hybridized carbons (Fsp3) is 0.407. The molecular weight excluding hydrogens is 462 g/mol. The summed E-state index contributed by atoms with van der Waals surface area (Å²) in [6.45, 7) is 9.77. The Hall–Kier alpha value is -2.97. The minimum absolute atomic E-state index is 0.00114. The van der Waals surface area contributed by atoms with E-state index in [-0.39, 0.29) is 27.7 Å². The monoisotopic (exact) mass is 495 g/mol. The normalized spacial score (nSPS) is 19.1. The van der Waals surface area contributed by atoms with Gasteiger partial charge in [-0.2, -0.15) is 4.31 Å². The van der Waals surface area contributed by atoms with Gasteiger partial charge in [0.25, 0.3) is 5.91 Å². The molecular formula is C27H33N3O4S. The van der Waals surface area contributed by atoms with Crippen molar-refractivity contribution in [3.05, 3.63) is 75.6 Å².